The Morgan fingerprint density at radius 3 is 0.556 bits per heavy atom. The second-order valence-corrected chi connectivity index (χ2v) is 1.15. The minimum absolute atomic E-state index is 0. The van der Waals surface area contributed by atoms with Crippen molar-refractivity contribution in [3.05, 3.63) is 12.8 Å². The van der Waals surface area contributed by atoms with Crippen LogP contribution in [0.2, 0.25) is 0 Å². The zero-order valence-electron chi connectivity index (χ0n) is 6.89. The van der Waals surface area contributed by atoms with Crippen LogP contribution in [0, 0.1) is 12.8 Å². The maximum absolute atomic E-state index is 2.00. The van der Waals surface area contributed by atoms with Crippen LogP contribution in [0.3, 0.4) is 0 Å². The Morgan fingerprint density at radius 2 is 0.556 bits per heavy atom. The molecule has 0 saturated heterocycles. The molecule has 0 atom stereocenters. The summed E-state index contributed by atoms with van der Waals surface area (Å²) in [6.45, 7) is 8.00. The van der Waals surface area contributed by atoms with Crippen molar-refractivity contribution in [2.75, 3.05) is 0 Å². The van der Waals surface area contributed by atoms with Crippen LogP contribution in [0.1, 0.15) is 27.7 Å². The quantitative estimate of drug-likeness (QED) is 0.587. The molecule has 0 aliphatic rings. The first-order valence-electron chi connectivity index (χ1n) is 2.31. The van der Waals surface area contributed by atoms with Crippen molar-refractivity contribution >= 4 is 0 Å². The van der Waals surface area contributed by atoms with Crippen LogP contribution < -0.4 is 0 Å². The Balaban J connectivity index is -0.00000000889. The number of rotatable bonds is 0. The first kappa shape index (κ1) is 29.5. The molecule has 0 aromatic rings. The molecule has 3 heteroatoms. The van der Waals surface area contributed by atoms with E-state index in [9.17, 15) is 0 Å². The third-order valence-corrected chi connectivity index (χ3v) is 0. The van der Waals surface area contributed by atoms with Gasteiger partial charge in [0.25, 0.3) is 0 Å². The summed E-state index contributed by atoms with van der Waals surface area (Å²) < 4.78 is 0. The third kappa shape index (κ3) is 89.4. The molecule has 0 aromatic heterocycles. The van der Waals surface area contributed by atoms with E-state index < -0.39 is 0 Å². The molecular weight excluding hydrogens is 339 g/mol. The van der Waals surface area contributed by atoms with Gasteiger partial charge in [0, 0.05) is 98.1 Å². The molecule has 0 spiro atoms. The van der Waals surface area contributed by atoms with Crippen molar-refractivity contribution in [1.29, 1.82) is 0 Å². The fourth-order valence-electron chi connectivity index (χ4n) is 0. The zero-order valence-corrected chi connectivity index (χ0v) is 15.4. The summed E-state index contributed by atoms with van der Waals surface area (Å²) >= 11 is 0. The summed E-state index contributed by atoms with van der Waals surface area (Å²) in [6, 6.07) is 0. The molecule has 0 unspecified atom stereocenters. The van der Waals surface area contributed by atoms with Gasteiger partial charge in [0.1, 0.15) is 0 Å². The van der Waals surface area contributed by atoms with Crippen molar-refractivity contribution in [1.82, 2.24) is 0 Å². The first-order valence-corrected chi connectivity index (χ1v) is 2.31. The summed E-state index contributed by atoms with van der Waals surface area (Å²) in [5, 5.41) is 0. The Labute approximate surface area is 136 Å². The van der Waals surface area contributed by atoms with E-state index in [2.05, 4.69) is 0 Å². The van der Waals surface area contributed by atoms with Gasteiger partial charge in [-0.1, -0.05) is 0 Å². The Bertz CT molecular complexity index is 10.3. The SMILES string of the molecule is C[CH-]C.C[CH-]C.[Y].[Y].[Y]. The van der Waals surface area contributed by atoms with E-state index in [1.165, 1.54) is 0 Å². The maximum Gasteiger partial charge on any atom is 0 e. The monoisotopic (exact) mass is 353 g/mol. The molecule has 0 bridgehead atoms. The summed E-state index contributed by atoms with van der Waals surface area (Å²) in [5.74, 6) is 0. The van der Waals surface area contributed by atoms with E-state index in [1.54, 1.807) is 0 Å². The molecule has 0 N–H and O–H groups in total. The smallest absolute Gasteiger partial charge is 0 e. The number of hydrogen-bond donors (Lipinski definition) is 0. The van der Waals surface area contributed by atoms with Crippen molar-refractivity contribution in [2.45, 2.75) is 27.7 Å². The van der Waals surface area contributed by atoms with E-state index in [4.69, 9.17) is 0 Å². The van der Waals surface area contributed by atoms with Crippen LogP contribution in [0.5, 0.6) is 0 Å². The average molecular weight is 353 g/mol. The Morgan fingerprint density at radius 1 is 0.556 bits per heavy atom. The molecule has 0 aromatic carbocycles. The second kappa shape index (κ2) is 42.6. The van der Waals surface area contributed by atoms with Crippen molar-refractivity contribution in [3.8, 4) is 0 Å². The minimum Gasteiger partial charge on any atom is -0.335 e. The fourth-order valence-corrected chi connectivity index (χ4v) is 0. The van der Waals surface area contributed by atoms with Crippen LogP contribution >= 0.6 is 0 Å². The topological polar surface area (TPSA) is 0 Å². The molecule has 49 valence electrons. The van der Waals surface area contributed by atoms with Gasteiger partial charge in [-0.2, -0.15) is 27.7 Å². The Kier molecular flexibility index (Phi) is 140. The van der Waals surface area contributed by atoms with Gasteiger partial charge >= 0.3 is 0 Å². The van der Waals surface area contributed by atoms with Crippen LogP contribution in [0.15, 0.2) is 0 Å². The Hall–Kier alpha value is 3.31. The van der Waals surface area contributed by atoms with Gasteiger partial charge < -0.3 is 12.8 Å². The van der Waals surface area contributed by atoms with Gasteiger partial charge in [-0.15, -0.1) is 0 Å². The van der Waals surface area contributed by atoms with Gasteiger partial charge in [-0.25, -0.2) is 0 Å². The molecule has 0 fully saturated rings. The van der Waals surface area contributed by atoms with Crippen LogP contribution in [-0.2, 0) is 98.1 Å². The van der Waals surface area contributed by atoms with Crippen LogP contribution in [0.4, 0.5) is 0 Å². The van der Waals surface area contributed by atoms with Crippen molar-refractivity contribution < 1.29 is 98.1 Å². The predicted octanol–water partition coefficient (Wildman–Crippen LogP) is 2.45. The van der Waals surface area contributed by atoms with E-state index in [0.29, 0.717) is 0 Å². The molecule has 0 aliphatic heterocycles. The van der Waals surface area contributed by atoms with Crippen molar-refractivity contribution in [3.63, 3.8) is 0 Å². The third-order valence-electron chi connectivity index (χ3n) is 0. The number of hydrogen-bond acceptors (Lipinski definition) is 0. The molecular formula is C6H14Y3-2. The minimum atomic E-state index is 0. The summed E-state index contributed by atoms with van der Waals surface area (Å²) in [6.07, 6.45) is 4.00. The molecule has 0 heterocycles. The van der Waals surface area contributed by atoms with Crippen molar-refractivity contribution in [2.24, 2.45) is 0 Å². The standard InChI is InChI=1S/2C3H7.3Y/c2*1-3-2;;;/h2*3H,1-2H3;;;/q2*-1;;;. The van der Waals surface area contributed by atoms with E-state index in [-0.39, 0.29) is 98.1 Å². The summed E-state index contributed by atoms with van der Waals surface area (Å²) in [7, 11) is 0. The molecule has 3 radical (unpaired) electrons. The molecule has 0 aliphatic carbocycles. The summed E-state index contributed by atoms with van der Waals surface area (Å²) in [4.78, 5) is 0. The van der Waals surface area contributed by atoms with E-state index >= 15 is 0 Å². The molecule has 0 nitrogen and oxygen atoms in total. The summed E-state index contributed by atoms with van der Waals surface area (Å²) in [5.41, 5.74) is 0. The molecule has 0 saturated carbocycles. The fraction of sp³-hybridized carbons (Fsp3) is 0.667. The van der Waals surface area contributed by atoms with Gasteiger partial charge in [-0.3, -0.25) is 0 Å². The first-order chi connectivity index (χ1) is 2.83. The zero-order chi connectivity index (χ0) is 5.41. The predicted molar refractivity (Wildman–Crippen MR) is 31.3 cm³/mol. The van der Waals surface area contributed by atoms with E-state index in [1.807, 2.05) is 40.5 Å². The molecule has 0 rings (SSSR count). The van der Waals surface area contributed by atoms with Gasteiger partial charge in [0.15, 0.2) is 0 Å². The second-order valence-electron chi connectivity index (χ2n) is 1.15. The van der Waals surface area contributed by atoms with Crippen LogP contribution in [0.25, 0.3) is 0 Å². The average Bonchev–Trinajstić information content (AvgIpc) is 1.39. The van der Waals surface area contributed by atoms with E-state index in [0.717, 1.165) is 0 Å². The van der Waals surface area contributed by atoms with Gasteiger partial charge in [-0.05, 0) is 0 Å². The van der Waals surface area contributed by atoms with Gasteiger partial charge in [0.2, 0.25) is 0 Å². The maximum atomic E-state index is 2.00. The van der Waals surface area contributed by atoms with Gasteiger partial charge in [0.05, 0.1) is 0 Å². The normalized spacial score (nSPS) is 4.00. The largest absolute Gasteiger partial charge is 0.335 e. The van der Waals surface area contributed by atoms with Crippen LogP contribution in [-0.4, -0.2) is 0 Å². The molecule has 0 amide bonds. The molecule has 9 heavy (non-hydrogen) atoms.